The highest BCUT2D eigenvalue weighted by Gasteiger charge is 2.35. The molecule has 0 aliphatic heterocycles. The lowest BCUT2D eigenvalue weighted by Crippen LogP contribution is -2.25. The van der Waals surface area contributed by atoms with Gasteiger partial charge in [0.1, 0.15) is 17.2 Å². The second-order valence-corrected chi connectivity index (χ2v) is 8.85. The molecule has 0 N–H and O–H groups in total. The van der Waals surface area contributed by atoms with Crippen molar-refractivity contribution in [2.45, 2.75) is 40.5 Å². The van der Waals surface area contributed by atoms with Gasteiger partial charge in [-0.15, -0.1) is 11.3 Å². The molecule has 2 aromatic rings. The predicted molar refractivity (Wildman–Crippen MR) is 106 cm³/mol. The number of rotatable bonds is 6. The van der Waals surface area contributed by atoms with Crippen molar-refractivity contribution >= 4 is 11.3 Å². The van der Waals surface area contributed by atoms with Gasteiger partial charge in [0.2, 0.25) is 0 Å². The van der Waals surface area contributed by atoms with E-state index in [0.717, 1.165) is 22.8 Å². The van der Waals surface area contributed by atoms with Crippen LogP contribution in [0.15, 0.2) is 24.3 Å². The molecular formula is C21H30O3S. The van der Waals surface area contributed by atoms with Crippen LogP contribution < -0.4 is 14.2 Å². The molecule has 0 fully saturated rings. The summed E-state index contributed by atoms with van der Waals surface area (Å²) < 4.78 is 16.9. The van der Waals surface area contributed by atoms with Crippen LogP contribution in [0, 0.1) is 18.3 Å². The van der Waals surface area contributed by atoms with Gasteiger partial charge in [-0.1, -0.05) is 27.7 Å². The van der Waals surface area contributed by atoms with E-state index in [1.165, 1.54) is 9.75 Å². The van der Waals surface area contributed by atoms with Crippen LogP contribution in [0.3, 0.4) is 0 Å². The molecule has 0 amide bonds. The lowest BCUT2D eigenvalue weighted by molar-refractivity contribution is 0.233. The summed E-state index contributed by atoms with van der Waals surface area (Å²) >= 11 is 1.84. The molecule has 1 aromatic carbocycles. The monoisotopic (exact) mass is 362 g/mol. The zero-order valence-corrected chi connectivity index (χ0v) is 17.4. The second kappa shape index (κ2) is 7.69. The van der Waals surface area contributed by atoms with Gasteiger partial charge >= 0.3 is 0 Å². The molecule has 0 spiro atoms. The Balaban J connectivity index is 2.73. The van der Waals surface area contributed by atoms with Crippen LogP contribution in [-0.4, -0.2) is 21.3 Å². The summed E-state index contributed by atoms with van der Waals surface area (Å²) in [6, 6.07) is 8.31. The Morgan fingerprint density at radius 3 is 1.84 bits per heavy atom. The number of hydrogen-bond donors (Lipinski definition) is 0. The lowest BCUT2D eigenvalue weighted by Gasteiger charge is -2.35. The SMILES string of the molecule is COc1cc(OC)c([C@@H](c2ccc(C)s2)[C@H](C)C(C)(C)C)c(OC)c1. The van der Waals surface area contributed by atoms with Crippen molar-refractivity contribution in [2.75, 3.05) is 21.3 Å². The lowest BCUT2D eigenvalue weighted by atomic mass is 9.71. The van der Waals surface area contributed by atoms with E-state index in [1.54, 1.807) is 21.3 Å². The topological polar surface area (TPSA) is 27.7 Å². The van der Waals surface area contributed by atoms with E-state index in [1.807, 2.05) is 23.5 Å². The molecule has 0 saturated heterocycles. The molecule has 1 aromatic heterocycles. The third-order valence-corrected chi connectivity index (χ3v) is 6.08. The first-order valence-electron chi connectivity index (χ1n) is 8.59. The summed E-state index contributed by atoms with van der Waals surface area (Å²) in [7, 11) is 5.07. The molecule has 0 saturated carbocycles. The normalized spacial score (nSPS) is 14.1. The van der Waals surface area contributed by atoms with Crippen molar-refractivity contribution in [1.29, 1.82) is 0 Å². The van der Waals surface area contributed by atoms with Crippen LogP contribution in [0.4, 0.5) is 0 Å². The quantitative estimate of drug-likeness (QED) is 0.640. The highest BCUT2D eigenvalue weighted by atomic mass is 32.1. The van der Waals surface area contributed by atoms with Gasteiger partial charge in [-0.05, 0) is 30.4 Å². The molecule has 25 heavy (non-hydrogen) atoms. The molecular weight excluding hydrogens is 332 g/mol. The van der Waals surface area contributed by atoms with Gasteiger partial charge in [0.15, 0.2) is 0 Å². The molecule has 4 heteroatoms. The minimum Gasteiger partial charge on any atom is -0.496 e. The summed E-state index contributed by atoms with van der Waals surface area (Å²) in [5.41, 5.74) is 1.23. The number of thiophene rings is 1. The first-order valence-corrected chi connectivity index (χ1v) is 9.40. The highest BCUT2D eigenvalue weighted by molar-refractivity contribution is 7.12. The fourth-order valence-corrected chi connectivity index (χ4v) is 4.19. The van der Waals surface area contributed by atoms with E-state index < -0.39 is 0 Å². The standard InChI is InChI=1S/C21H30O3S/c1-13-9-10-18(25-13)19(14(2)21(3,4)5)20-16(23-7)11-15(22-6)12-17(20)24-8/h9-12,14,19H,1-8H3/t14-,19+/m0/s1. The van der Waals surface area contributed by atoms with Gasteiger partial charge in [0, 0.05) is 33.4 Å². The molecule has 138 valence electrons. The maximum Gasteiger partial charge on any atom is 0.130 e. The van der Waals surface area contributed by atoms with Crippen molar-refractivity contribution in [3.05, 3.63) is 39.6 Å². The van der Waals surface area contributed by atoms with Crippen LogP contribution >= 0.6 is 11.3 Å². The smallest absolute Gasteiger partial charge is 0.130 e. The van der Waals surface area contributed by atoms with Gasteiger partial charge in [-0.2, -0.15) is 0 Å². The Hall–Kier alpha value is -1.68. The Labute approximate surface area is 155 Å². The highest BCUT2D eigenvalue weighted by Crippen LogP contribution is 2.50. The Morgan fingerprint density at radius 2 is 1.48 bits per heavy atom. The van der Waals surface area contributed by atoms with Gasteiger partial charge in [-0.3, -0.25) is 0 Å². The van der Waals surface area contributed by atoms with Crippen molar-refractivity contribution in [3.8, 4) is 17.2 Å². The summed E-state index contributed by atoms with van der Waals surface area (Å²) in [6.45, 7) is 11.3. The van der Waals surface area contributed by atoms with E-state index in [0.29, 0.717) is 5.92 Å². The van der Waals surface area contributed by atoms with Crippen molar-refractivity contribution in [3.63, 3.8) is 0 Å². The third kappa shape index (κ3) is 4.12. The molecule has 1 heterocycles. The molecule has 0 aliphatic carbocycles. The molecule has 2 atom stereocenters. The molecule has 2 rings (SSSR count). The minimum absolute atomic E-state index is 0.137. The molecule has 3 nitrogen and oxygen atoms in total. The third-order valence-electron chi connectivity index (χ3n) is 5.00. The first-order chi connectivity index (χ1) is 11.7. The average molecular weight is 363 g/mol. The number of benzene rings is 1. The van der Waals surface area contributed by atoms with E-state index in [4.69, 9.17) is 14.2 Å². The van der Waals surface area contributed by atoms with E-state index in [-0.39, 0.29) is 11.3 Å². The fourth-order valence-electron chi connectivity index (χ4n) is 3.10. The largest absolute Gasteiger partial charge is 0.496 e. The van der Waals surface area contributed by atoms with E-state index in [9.17, 15) is 0 Å². The van der Waals surface area contributed by atoms with Crippen molar-refractivity contribution in [1.82, 2.24) is 0 Å². The zero-order chi connectivity index (χ0) is 18.8. The molecule has 0 bridgehead atoms. The fraction of sp³-hybridized carbons (Fsp3) is 0.524. The number of methoxy groups -OCH3 is 3. The van der Waals surface area contributed by atoms with Gasteiger partial charge in [-0.25, -0.2) is 0 Å². The molecule has 0 aliphatic rings. The summed E-state index contributed by atoms with van der Waals surface area (Å²) in [5.74, 6) is 2.94. The van der Waals surface area contributed by atoms with Crippen molar-refractivity contribution < 1.29 is 14.2 Å². The predicted octanol–water partition coefficient (Wildman–Crippen LogP) is 5.90. The van der Waals surface area contributed by atoms with Gasteiger partial charge < -0.3 is 14.2 Å². The summed E-state index contributed by atoms with van der Waals surface area (Å²) in [6.07, 6.45) is 0. The van der Waals surface area contributed by atoms with Crippen LogP contribution in [0.1, 0.15) is 48.9 Å². The van der Waals surface area contributed by atoms with E-state index >= 15 is 0 Å². The van der Waals surface area contributed by atoms with Crippen LogP contribution in [0.5, 0.6) is 17.2 Å². The van der Waals surface area contributed by atoms with Gasteiger partial charge in [0.25, 0.3) is 0 Å². The van der Waals surface area contributed by atoms with Crippen LogP contribution in [-0.2, 0) is 0 Å². The first kappa shape index (κ1) is 19.6. The van der Waals surface area contributed by atoms with Crippen molar-refractivity contribution in [2.24, 2.45) is 11.3 Å². The molecule has 0 unspecified atom stereocenters. The second-order valence-electron chi connectivity index (χ2n) is 7.53. The molecule has 0 radical (unpaired) electrons. The maximum atomic E-state index is 5.75. The Morgan fingerprint density at radius 1 is 0.920 bits per heavy atom. The number of ether oxygens (including phenoxy) is 3. The van der Waals surface area contributed by atoms with Crippen LogP contribution in [0.25, 0.3) is 0 Å². The maximum absolute atomic E-state index is 5.75. The Kier molecular flexibility index (Phi) is 6.04. The number of hydrogen-bond acceptors (Lipinski definition) is 4. The number of aryl methyl sites for hydroxylation is 1. The van der Waals surface area contributed by atoms with E-state index in [2.05, 4.69) is 46.8 Å². The Bertz CT molecular complexity index is 687. The minimum atomic E-state index is 0.137. The summed E-state index contributed by atoms with van der Waals surface area (Å²) in [5, 5.41) is 0. The van der Waals surface area contributed by atoms with Gasteiger partial charge in [0.05, 0.1) is 21.3 Å². The zero-order valence-electron chi connectivity index (χ0n) is 16.6. The van der Waals surface area contributed by atoms with Crippen LogP contribution in [0.2, 0.25) is 0 Å². The average Bonchev–Trinajstić information content (AvgIpc) is 2.99. The summed E-state index contributed by atoms with van der Waals surface area (Å²) in [4.78, 5) is 2.65.